The van der Waals surface area contributed by atoms with E-state index in [1.54, 1.807) is 27.7 Å². The maximum Gasteiger partial charge on any atom is 0.331 e. The number of carbonyl (C=O) groups excluding carboxylic acids is 8. The van der Waals surface area contributed by atoms with Gasteiger partial charge in [-0.2, -0.15) is 0 Å². The average Bonchev–Trinajstić information content (AvgIpc) is 1.69. The molecule has 7 aliphatic rings. The Morgan fingerprint density at radius 3 is 2.09 bits per heavy atom. The second-order valence-corrected chi connectivity index (χ2v) is 25.6. The summed E-state index contributed by atoms with van der Waals surface area (Å²) in [6, 6.07) is -11.7. The number of carbonyl (C=O) groups is 8. The number of methoxy groups -OCH3 is 3. The zero-order chi connectivity index (χ0) is 67.6. The van der Waals surface area contributed by atoms with Crippen LogP contribution in [0, 0.1) is 11.8 Å². The van der Waals surface area contributed by atoms with Crippen LogP contribution in [0.1, 0.15) is 133 Å². The van der Waals surface area contributed by atoms with Crippen molar-refractivity contribution in [2.24, 2.45) is 11.8 Å². The van der Waals surface area contributed by atoms with Crippen molar-refractivity contribution in [3.8, 4) is 0 Å². The molecule has 32 nitrogen and oxygen atoms in total. The molecule has 0 saturated carbocycles. The number of hydrogen-bond donors (Lipinski definition) is 10. The average molecular weight is 1300 g/mol. The van der Waals surface area contributed by atoms with Crippen molar-refractivity contribution in [3.05, 3.63) is 11.8 Å². The Hall–Kier alpha value is -5.14. The first kappa shape index (κ1) is 73.3. The number of cyclic esters (lactones) is 1. The van der Waals surface area contributed by atoms with Gasteiger partial charge in [-0.15, -0.1) is 0 Å². The summed E-state index contributed by atoms with van der Waals surface area (Å²) in [5.74, 6) is -14.4. The first-order valence-corrected chi connectivity index (χ1v) is 31.4. The fourth-order valence-corrected chi connectivity index (χ4v) is 13.0. The van der Waals surface area contributed by atoms with E-state index in [2.05, 4.69) is 16.2 Å². The van der Waals surface area contributed by atoms with Crippen molar-refractivity contribution in [2.75, 3.05) is 47.6 Å². The molecular weight excluding hydrogens is 1200 g/mol. The Balaban J connectivity index is 1.26. The number of esters is 1. The molecule has 7 unspecified atom stereocenters. The van der Waals surface area contributed by atoms with Crippen molar-refractivity contribution in [3.63, 3.8) is 0 Å². The van der Waals surface area contributed by atoms with Gasteiger partial charge in [0, 0.05) is 59.6 Å². The third-order valence-electron chi connectivity index (χ3n) is 18.9. The molecule has 516 valence electrons. The molecule has 0 aromatic heterocycles. The van der Waals surface area contributed by atoms with E-state index in [0.29, 0.717) is 0 Å². The van der Waals surface area contributed by atoms with Gasteiger partial charge < -0.3 is 78.4 Å². The number of hydrazine groups is 2. The standard InChI is InChI=1S/C59H96N8O24/c1-14-34-54(75)90-45(29(4)5)43(62-55(76)58(10,79)59(80)20-19-33(38(15-2)91-59)48(69)56(8,77)16-3)52(73)64-35(18-17-22-60-64)51(72)67(82)37(28-83-11)50(71)65-36(49(70)63-23-21-57(9,78)47(63)53(74)66(34)81)24-32(27-61-65)88-41-26-40(85-13)46(31(7)87-41)89-42-25-39(84-12)44(68)30(6)86-42/h24,29-31,33-47,60-61,68,77-82H,14-23,25-28H2,1-13H3,(H,62,76)/t30-,31-,33?,34?,35+,36?,37-,38?,39-,40-,41-,42-,43-,44+,45-,46+,47+,56?,57+,58?,59?/m0/s1. The van der Waals surface area contributed by atoms with E-state index >= 15 is 14.4 Å². The molecule has 6 fully saturated rings. The van der Waals surface area contributed by atoms with E-state index in [4.69, 9.17) is 42.6 Å². The molecule has 0 aromatic carbocycles. The molecule has 6 amide bonds. The van der Waals surface area contributed by atoms with Crippen LogP contribution in [0.4, 0.5) is 0 Å². The highest BCUT2D eigenvalue weighted by molar-refractivity contribution is 5.99. The lowest BCUT2D eigenvalue weighted by atomic mass is 9.76. The molecule has 0 aliphatic carbocycles. The van der Waals surface area contributed by atoms with E-state index in [1.807, 2.05) is 0 Å². The van der Waals surface area contributed by atoms with Gasteiger partial charge >= 0.3 is 5.97 Å². The third kappa shape index (κ3) is 15.0. The molecule has 7 heterocycles. The molecule has 32 heteroatoms. The van der Waals surface area contributed by atoms with Gasteiger partial charge in [0.2, 0.25) is 12.1 Å². The summed E-state index contributed by atoms with van der Waals surface area (Å²) in [4.78, 5) is 120. The van der Waals surface area contributed by atoms with Gasteiger partial charge in [-0.1, -0.05) is 34.6 Å². The summed E-state index contributed by atoms with van der Waals surface area (Å²) in [5.41, 5.74) is -1.27. The van der Waals surface area contributed by atoms with E-state index in [9.17, 15) is 59.9 Å². The predicted molar refractivity (Wildman–Crippen MR) is 310 cm³/mol. The molecule has 0 bridgehead atoms. The minimum Gasteiger partial charge on any atom is -0.468 e. The van der Waals surface area contributed by atoms with Crippen molar-refractivity contribution < 1.29 is 117 Å². The van der Waals surface area contributed by atoms with Gasteiger partial charge in [0.25, 0.3) is 35.4 Å². The van der Waals surface area contributed by atoms with Crippen LogP contribution < -0.4 is 16.2 Å². The highest BCUT2D eigenvalue weighted by atomic mass is 16.7. The van der Waals surface area contributed by atoms with Crippen LogP contribution in [-0.2, 0) is 81.0 Å². The number of nitrogens with one attached hydrogen (secondary N) is 3. The summed E-state index contributed by atoms with van der Waals surface area (Å²) in [5, 5.41) is 85.8. The molecule has 10 N–H and O–H groups in total. The SMILES string of the molecule is CCC1OC(O)(C(C)(O)C(=O)N[C@@H]2C(=O)N3NCCC[C@@H]3C(=O)N(O)[C@@H](COC)C(=O)N3NCC(O[C@H]4C[C@H](OC)[C@H](O[C@H]5C[C@H](OC)[C@H](O)[C@H](C)O5)[C@H](C)O4)=CC3C(=O)N3CC[C@@](C)(O)[C@H]3C(=O)N(O)C(CC)C(=O)O[C@H]2C(C)C)CCC1C(=O)C(C)(O)CC. The lowest BCUT2D eigenvalue weighted by molar-refractivity contribution is -0.326. The summed E-state index contributed by atoms with van der Waals surface area (Å²) >= 11 is 0. The molecule has 91 heavy (non-hydrogen) atoms. The Kier molecular flexibility index (Phi) is 23.9. The monoisotopic (exact) mass is 1300 g/mol. The first-order chi connectivity index (χ1) is 42.7. The Labute approximate surface area is 528 Å². The highest BCUT2D eigenvalue weighted by Gasteiger charge is 2.60. The fraction of sp³-hybridized carbons (Fsp3) is 0.831. The number of ketones is 1. The summed E-state index contributed by atoms with van der Waals surface area (Å²) < 4.78 is 53.7. The van der Waals surface area contributed by atoms with Crippen LogP contribution >= 0.6 is 0 Å². The van der Waals surface area contributed by atoms with Gasteiger partial charge in [0.1, 0.15) is 53.8 Å². The lowest BCUT2D eigenvalue weighted by Crippen LogP contribution is -2.71. The van der Waals surface area contributed by atoms with Gasteiger partial charge in [-0.3, -0.25) is 54.0 Å². The molecule has 7 rings (SSSR count). The van der Waals surface area contributed by atoms with E-state index in [-0.39, 0.29) is 86.9 Å². The van der Waals surface area contributed by atoms with Crippen LogP contribution in [0.3, 0.4) is 0 Å². The van der Waals surface area contributed by atoms with E-state index in [0.717, 1.165) is 29.0 Å². The van der Waals surface area contributed by atoms with Crippen LogP contribution in [0.25, 0.3) is 0 Å². The van der Waals surface area contributed by atoms with Crippen molar-refractivity contribution in [1.82, 2.24) is 41.2 Å². The number of aliphatic hydroxyl groups is 5. The number of hydrogen-bond acceptors (Lipinski definition) is 26. The van der Waals surface area contributed by atoms with Crippen molar-refractivity contribution >= 4 is 47.2 Å². The predicted octanol–water partition coefficient (Wildman–Crippen LogP) is -1.83. The molecule has 6 saturated heterocycles. The minimum absolute atomic E-state index is 0.00109. The number of amides is 6. The summed E-state index contributed by atoms with van der Waals surface area (Å²) in [6.07, 6.45) is -9.00. The number of rotatable bonds is 17. The van der Waals surface area contributed by atoms with Crippen molar-refractivity contribution in [1.29, 1.82) is 0 Å². The second-order valence-electron chi connectivity index (χ2n) is 25.6. The number of nitrogens with zero attached hydrogens (tertiary/aromatic N) is 5. The Morgan fingerprint density at radius 2 is 1.47 bits per heavy atom. The normalized spacial score (nSPS) is 38.3. The topological polar surface area (TPSA) is 414 Å². The maximum absolute atomic E-state index is 15.5. The van der Waals surface area contributed by atoms with Gasteiger partial charge in [0.05, 0.1) is 49.3 Å². The molecule has 0 spiro atoms. The van der Waals surface area contributed by atoms with Crippen molar-refractivity contribution in [2.45, 2.75) is 254 Å². The number of Topliss-reactive ketones (excluding diaryl/α,β-unsaturated/α-hetero) is 1. The van der Waals surface area contributed by atoms with E-state index in [1.165, 1.54) is 54.9 Å². The van der Waals surface area contributed by atoms with Gasteiger partial charge in [-0.05, 0) is 91.6 Å². The zero-order valence-corrected chi connectivity index (χ0v) is 54.2. The highest BCUT2D eigenvalue weighted by Crippen LogP contribution is 2.42. The number of hydroxylamine groups is 4. The van der Waals surface area contributed by atoms with Crippen LogP contribution in [-0.4, -0.2) is 276 Å². The Morgan fingerprint density at radius 1 is 0.824 bits per heavy atom. The Bertz CT molecular complexity index is 2670. The third-order valence-corrected chi connectivity index (χ3v) is 18.9. The summed E-state index contributed by atoms with van der Waals surface area (Å²) in [6.45, 7) is 12.9. The maximum atomic E-state index is 15.5. The van der Waals surface area contributed by atoms with Gasteiger partial charge in [0.15, 0.2) is 29.8 Å². The number of fused-ring (bicyclic) bond motifs is 3. The number of aliphatic hydroxyl groups excluding tert-OH is 1. The molecular formula is C59H96N8O24. The second kappa shape index (κ2) is 29.7. The molecule has 0 radical (unpaired) electrons. The quantitative estimate of drug-likeness (QED) is 0.0565. The largest absolute Gasteiger partial charge is 0.468 e. The minimum atomic E-state index is -3.00. The molecule has 0 aromatic rings. The summed E-state index contributed by atoms with van der Waals surface area (Å²) in [7, 11) is 4.08. The van der Waals surface area contributed by atoms with Crippen LogP contribution in [0.15, 0.2) is 11.8 Å². The molecule has 21 atom stereocenters. The zero-order valence-electron chi connectivity index (χ0n) is 54.2. The fourth-order valence-electron chi connectivity index (χ4n) is 13.0. The van der Waals surface area contributed by atoms with Gasteiger partial charge in [-0.25, -0.2) is 25.8 Å². The number of ether oxygens (including phenoxy) is 9. The lowest BCUT2D eigenvalue weighted by Gasteiger charge is -2.48. The smallest absolute Gasteiger partial charge is 0.331 e. The first-order valence-electron chi connectivity index (χ1n) is 31.4. The van der Waals surface area contributed by atoms with Crippen LogP contribution in [0.5, 0.6) is 0 Å². The van der Waals surface area contributed by atoms with Crippen LogP contribution in [0.2, 0.25) is 0 Å². The van der Waals surface area contributed by atoms with E-state index < -0.39 is 199 Å². The molecule has 7 aliphatic heterocycles.